The van der Waals surface area contributed by atoms with Crippen LogP contribution < -0.4 is 0 Å². The molecule has 7 heteroatoms. The summed E-state index contributed by atoms with van der Waals surface area (Å²) in [5, 5.41) is 3.78. The summed E-state index contributed by atoms with van der Waals surface area (Å²) in [4.78, 5) is 0. The van der Waals surface area contributed by atoms with Crippen molar-refractivity contribution in [3.8, 4) is 5.69 Å². The highest BCUT2D eigenvalue weighted by atomic mass is 127. The number of nitrogens with zero attached hydrogens (tertiary/aromatic N) is 2. The van der Waals surface area contributed by atoms with Crippen LogP contribution in [0.1, 0.15) is 5.56 Å². The fourth-order valence-corrected chi connectivity index (χ4v) is 1.76. The van der Waals surface area contributed by atoms with Crippen LogP contribution >= 0.6 is 22.6 Å². The van der Waals surface area contributed by atoms with E-state index in [1.54, 1.807) is 0 Å². The average Bonchev–Trinajstić information content (AvgIpc) is 2.63. The van der Waals surface area contributed by atoms with Crippen LogP contribution in [0.5, 0.6) is 0 Å². The molecule has 2 rings (SSSR count). The van der Waals surface area contributed by atoms with Crippen molar-refractivity contribution in [2.45, 2.75) is 6.18 Å². The Bertz CT molecular complexity index is 547. The maximum atomic E-state index is 12.9. The number of hydrogen-bond acceptors (Lipinski definition) is 1. The lowest BCUT2D eigenvalue weighted by Crippen LogP contribution is -2.11. The third kappa shape index (κ3) is 2.59. The molecule has 0 N–H and O–H groups in total. The minimum atomic E-state index is -4.62. The number of hydrogen-bond donors (Lipinski definition) is 0. The van der Waals surface area contributed by atoms with E-state index >= 15 is 0 Å². The van der Waals surface area contributed by atoms with Gasteiger partial charge in [-0.1, -0.05) is 0 Å². The molecule has 1 aromatic heterocycles. The Morgan fingerprint density at radius 1 is 1.24 bits per heavy atom. The van der Waals surface area contributed by atoms with Crippen molar-refractivity contribution in [2.75, 3.05) is 0 Å². The monoisotopic (exact) mass is 356 g/mol. The predicted molar refractivity (Wildman–Crippen MR) is 61.2 cm³/mol. The first kappa shape index (κ1) is 12.3. The Hall–Kier alpha value is -1.12. The molecule has 0 amide bonds. The maximum absolute atomic E-state index is 12.9. The summed E-state index contributed by atoms with van der Waals surface area (Å²) < 4.78 is 52.8. The number of halogens is 5. The van der Waals surface area contributed by atoms with Gasteiger partial charge in [-0.05, 0) is 40.8 Å². The van der Waals surface area contributed by atoms with Gasteiger partial charge in [-0.25, -0.2) is 9.07 Å². The van der Waals surface area contributed by atoms with Gasteiger partial charge in [0.25, 0.3) is 0 Å². The van der Waals surface area contributed by atoms with Gasteiger partial charge in [0.05, 0.1) is 21.0 Å². The molecule has 2 nitrogen and oxygen atoms in total. The minimum Gasteiger partial charge on any atom is -0.239 e. The Balaban J connectivity index is 2.61. The Morgan fingerprint density at radius 2 is 1.94 bits per heavy atom. The summed E-state index contributed by atoms with van der Waals surface area (Å²) in [7, 11) is 0. The molecule has 0 radical (unpaired) electrons. The van der Waals surface area contributed by atoms with Crippen molar-refractivity contribution in [3.63, 3.8) is 0 Å². The van der Waals surface area contributed by atoms with Gasteiger partial charge >= 0.3 is 6.18 Å². The molecule has 90 valence electrons. The standard InChI is InChI=1S/C10H5F4IN2/c11-6-1-2-9(8(3-6)10(12,13)14)17-5-7(15)4-16-17/h1-5H. The molecule has 2 aromatic rings. The van der Waals surface area contributed by atoms with E-state index in [9.17, 15) is 17.6 Å². The SMILES string of the molecule is Fc1ccc(-n2cc(I)cn2)c(C(F)(F)F)c1. The van der Waals surface area contributed by atoms with Crippen LogP contribution in [0.3, 0.4) is 0 Å². The first-order valence-corrected chi connectivity index (χ1v) is 5.53. The summed E-state index contributed by atoms with van der Waals surface area (Å²) in [6, 6.07) is 2.49. The van der Waals surface area contributed by atoms with E-state index in [2.05, 4.69) is 5.10 Å². The van der Waals surface area contributed by atoms with Crippen LogP contribution in [0, 0.1) is 9.39 Å². The molecule has 0 fully saturated rings. The summed E-state index contributed by atoms with van der Waals surface area (Å²) in [5.74, 6) is -0.928. The van der Waals surface area contributed by atoms with Crippen LogP contribution in [0.2, 0.25) is 0 Å². The van der Waals surface area contributed by atoms with Crippen molar-refractivity contribution < 1.29 is 17.6 Å². The van der Waals surface area contributed by atoms with Gasteiger partial charge in [-0.3, -0.25) is 0 Å². The molecular formula is C10H5F4IN2. The molecule has 0 aliphatic carbocycles. The van der Waals surface area contributed by atoms with E-state index in [1.165, 1.54) is 12.4 Å². The van der Waals surface area contributed by atoms with Crippen molar-refractivity contribution >= 4 is 22.6 Å². The van der Waals surface area contributed by atoms with E-state index in [1.807, 2.05) is 22.6 Å². The van der Waals surface area contributed by atoms with Crippen molar-refractivity contribution in [3.05, 3.63) is 45.5 Å². The number of alkyl halides is 3. The van der Waals surface area contributed by atoms with Gasteiger partial charge in [0.2, 0.25) is 0 Å². The van der Waals surface area contributed by atoms with Crippen LogP contribution in [0.4, 0.5) is 17.6 Å². The van der Waals surface area contributed by atoms with Crippen LogP contribution in [0.15, 0.2) is 30.6 Å². The normalized spacial score (nSPS) is 11.8. The first-order chi connectivity index (χ1) is 7.88. The zero-order chi connectivity index (χ0) is 12.6. The van der Waals surface area contributed by atoms with Crippen LogP contribution in [0.25, 0.3) is 5.69 Å². The Labute approximate surface area is 107 Å². The van der Waals surface area contributed by atoms with Crippen LogP contribution in [-0.2, 0) is 6.18 Å². The van der Waals surface area contributed by atoms with Crippen LogP contribution in [-0.4, -0.2) is 9.78 Å². The molecule has 17 heavy (non-hydrogen) atoms. The predicted octanol–water partition coefficient (Wildman–Crippen LogP) is 3.63. The molecule has 0 aliphatic heterocycles. The fraction of sp³-hybridized carbons (Fsp3) is 0.100. The lowest BCUT2D eigenvalue weighted by atomic mass is 10.1. The molecule has 0 saturated heterocycles. The fourth-order valence-electron chi connectivity index (χ4n) is 1.37. The van der Waals surface area contributed by atoms with E-state index in [0.717, 1.165) is 16.8 Å². The Morgan fingerprint density at radius 3 is 2.47 bits per heavy atom. The van der Waals surface area contributed by atoms with Crippen molar-refractivity contribution in [1.29, 1.82) is 0 Å². The minimum absolute atomic E-state index is 0.193. The molecule has 0 saturated carbocycles. The summed E-state index contributed by atoms with van der Waals surface area (Å²) in [6.45, 7) is 0. The summed E-state index contributed by atoms with van der Waals surface area (Å²) in [6.07, 6.45) is -1.76. The number of rotatable bonds is 1. The highest BCUT2D eigenvalue weighted by molar-refractivity contribution is 14.1. The topological polar surface area (TPSA) is 17.8 Å². The molecule has 1 heterocycles. The van der Waals surface area contributed by atoms with E-state index in [4.69, 9.17) is 0 Å². The smallest absolute Gasteiger partial charge is 0.239 e. The third-order valence-electron chi connectivity index (χ3n) is 2.06. The molecule has 0 spiro atoms. The highest BCUT2D eigenvalue weighted by Crippen LogP contribution is 2.34. The third-order valence-corrected chi connectivity index (χ3v) is 2.62. The zero-order valence-electron chi connectivity index (χ0n) is 8.17. The van der Waals surface area contributed by atoms with Crippen molar-refractivity contribution in [1.82, 2.24) is 9.78 Å². The second-order valence-corrected chi connectivity index (χ2v) is 4.51. The van der Waals surface area contributed by atoms with Gasteiger partial charge in [-0.15, -0.1) is 0 Å². The quantitative estimate of drug-likeness (QED) is 0.564. The molecular weight excluding hydrogens is 351 g/mol. The lowest BCUT2D eigenvalue weighted by Gasteiger charge is -2.12. The average molecular weight is 356 g/mol. The van der Waals surface area contributed by atoms with Gasteiger partial charge in [0.15, 0.2) is 0 Å². The van der Waals surface area contributed by atoms with Crippen molar-refractivity contribution in [2.24, 2.45) is 0 Å². The summed E-state index contributed by atoms with van der Waals surface area (Å²) >= 11 is 1.93. The van der Waals surface area contributed by atoms with E-state index < -0.39 is 17.6 Å². The molecule has 0 atom stereocenters. The molecule has 0 bridgehead atoms. The highest BCUT2D eigenvalue weighted by Gasteiger charge is 2.34. The largest absolute Gasteiger partial charge is 0.418 e. The maximum Gasteiger partial charge on any atom is 0.418 e. The number of benzene rings is 1. The summed E-state index contributed by atoms with van der Waals surface area (Å²) in [5.41, 5.74) is -1.24. The molecule has 0 aliphatic rings. The van der Waals surface area contributed by atoms with Gasteiger partial charge in [-0.2, -0.15) is 18.3 Å². The Kier molecular flexibility index (Phi) is 3.11. The van der Waals surface area contributed by atoms with Gasteiger partial charge in [0.1, 0.15) is 5.82 Å². The second kappa shape index (κ2) is 4.28. The first-order valence-electron chi connectivity index (χ1n) is 4.45. The van der Waals surface area contributed by atoms with E-state index in [-0.39, 0.29) is 5.69 Å². The second-order valence-electron chi connectivity index (χ2n) is 3.26. The van der Waals surface area contributed by atoms with E-state index in [0.29, 0.717) is 9.64 Å². The molecule has 1 aromatic carbocycles. The zero-order valence-corrected chi connectivity index (χ0v) is 10.3. The van der Waals surface area contributed by atoms with Gasteiger partial charge in [0, 0.05) is 6.20 Å². The lowest BCUT2D eigenvalue weighted by molar-refractivity contribution is -0.137. The van der Waals surface area contributed by atoms with Gasteiger partial charge < -0.3 is 0 Å². The number of aromatic nitrogens is 2. The molecule has 0 unspecified atom stereocenters.